The SMILES string of the molecule is CC(C)N(C(=O)NC(Cc1ccccc1)C(=O)O)C(C)C. The molecule has 5 nitrogen and oxygen atoms in total. The number of carbonyl (C=O) groups excluding carboxylic acids is 1. The molecule has 0 aliphatic heterocycles. The van der Waals surface area contributed by atoms with Crippen molar-refractivity contribution < 1.29 is 14.7 Å². The van der Waals surface area contributed by atoms with Gasteiger partial charge in [-0.05, 0) is 33.3 Å². The van der Waals surface area contributed by atoms with Crippen LogP contribution < -0.4 is 5.32 Å². The zero-order valence-electron chi connectivity index (χ0n) is 13.0. The van der Waals surface area contributed by atoms with Crippen molar-refractivity contribution in [2.75, 3.05) is 0 Å². The van der Waals surface area contributed by atoms with Crippen LogP contribution >= 0.6 is 0 Å². The standard InChI is InChI=1S/C16H24N2O3/c1-11(2)18(12(3)4)16(21)17-14(15(19)20)10-13-8-6-5-7-9-13/h5-9,11-12,14H,10H2,1-4H3,(H,17,21)(H,19,20). The number of carboxylic acids is 1. The van der Waals surface area contributed by atoms with Gasteiger partial charge >= 0.3 is 12.0 Å². The Morgan fingerprint density at radius 1 is 1.10 bits per heavy atom. The number of rotatable bonds is 6. The van der Waals surface area contributed by atoms with Crippen molar-refractivity contribution in [3.63, 3.8) is 0 Å². The molecule has 1 aromatic rings. The Bertz CT molecular complexity index is 464. The Morgan fingerprint density at radius 2 is 1.62 bits per heavy atom. The molecular formula is C16H24N2O3. The van der Waals surface area contributed by atoms with E-state index >= 15 is 0 Å². The summed E-state index contributed by atoms with van der Waals surface area (Å²) in [5.74, 6) is -1.03. The third-order valence-corrected chi connectivity index (χ3v) is 3.23. The highest BCUT2D eigenvalue weighted by atomic mass is 16.4. The van der Waals surface area contributed by atoms with Gasteiger partial charge in [-0.15, -0.1) is 0 Å². The van der Waals surface area contributed by atoms with Crippen LogP contribution in [0.5, 0.6) is 0 Å². The minimum Gasteiger partial charge on any atom is -0.480 e. The first-order chi connectivity index (χ1) is 9.82. The van der Waals surface area contributed by atoms with Crippen LogP contribution in [0, 0.1) is 0 Å². The molecule has 0 aromatic heterocycles. The molecule has 0 radical (unpaired) electrons. The number of aliphatic carboxylic acids is 1. The monoisotopic (exact) mass is 292 g/mol. The van der Waals surface area contributed by atoms with Gasteiger partial charge in [0.25, 0.3) is 0 Å². The highest BCUT2D eigenvalue weighted by Crippen LogP contribution is 2.08. The van der Waals surface area contributed by atoms with E-state index < -0.39 is 12.0 Å². The lowest BCUT2D eigenvalue weighted by molar-refractivity contribution is -0.139. The van der Waals surface area contributed by atoms with Crippen molar-refractivity contribution >= 4 is 12.0 Å². The topological polar surface area (TPSA) is 69.6 Å². The van der Waals surface area contributed by atoms with Gasteiger partial charge in [-0.25, -0.2) is 9.59 Å². The summed E-state index contributed by atoms with van der Waals surface area (Å²) in [6, 6.07) is 8.03. The second-order valence-corrected chi connectivity index (χ2v) is 5.62. The predicted molar refractivity (Wildman–Crippen MR) is 82.2 cm³/mol. The number of hydrogen-bond donors (Lipinski definition) is 2. The normalized spacial score (nSPS) is 12.3. The van der Waals surface area contributed by atoms with Gasteiger partial charge in [0.1, 0.15) is 6.04 Å². The third-order valence-electron chi connectivity index (χ3n) is 3.23. The number of benzene rings is 1. The Morgan fingerprint density at radius 3 is 2.05 bits per heavy atom. The van der Waals surface area contributed by atoms with E-state index in [1.165, 1.54) is 0 Å². The lowest BCUT2D eigenvalue weighted by Crippen LogP contribution is -2.53. The highest BCUT2D eigenvalue weighted by molar-refractivity contribution is 5.83. The molecule has 2 amide bonds. The molecule has 0 aliphatic rings. The summed E-state index contributed by atoms with van der Waals surface area (Å²) in [5.41, 5.74) is 0.880. The first-order valence-corrected chi connectivity index (χ1v) is 7.18. The molecule has 0 saturated carbocycles. The van der Waals surface area contributed by atoms with Crippen LogP contribution in [0.4, 0.5) is 4.79 Å². The summed E-state index contributed by atoms with van der Waals surface area (Å²) in [4.78, 5) is 25.3. The van der Waals surface area contributed by atoms with Crippen molar-refractivity contribution in [1.82, 2.24) is 10.2 Å². The Labute approximate surface area is 126 Å². The number of hydrogen-bond acceptors (Lipinski definition) is 2. The zero-order valence-corrected chi connectivity index (χ0v) is 13.0. The number of amides is 2. The molecule has 0 fully saturated rings. The summed E-state index contributed by atoms with van der Waals surface area (Å²) < 4.78 is 0. The van der Waals surface area contributed by atoms with Crippen molar-refractivity contribution in [3.8, 4) is 0 Å². The maximum absolute atomic E-state index is 12.3. The Balaban J connectivity index is 2.79. The number of nitrogens with one attached hydrogen (secondary N) is 1. The average Bonchev–Trinajstić information content (AvgIpc) is 2.38. The molecule has 0 aliphatic carbocycles. The Kier molecular flexibility index (Phi) is 6.21. The van der Waals surface area contributed by atoms with Crippen LogP contribution in [0.25, 0.3) is 0 Å². The summed E-state index contributed by atoms with van der Waals surface area (Å²) in [6.07, 6.45) is 0.270. The van der Waals surface area contributed by atoms with E-state index in [2.05, 4.69) is 5.32 Å². The zero-order chi connectivity index (χ0) is 16.0. The molecule has 21 heavy (non-hydrogen) atoms. The number of nitrogens with zero attached hydrogens (tertiary/aromatic N) is 1. The van der Waals surface area contributed by atoms with Gasteiger partial charge < -0.3 is 15.3 Å². The maximum Gasteiger partial charge on any atom is 0.326 e. The Hall–Kier alpha value is -2.04. The number of carbonyl (C=O) groups is 2. The molecule has 1 aromatic carbocycles. The van der Waals surface area contributed by atoms with Crippen molar-refractivity contribution in [1.29, 1.82) is 0 Å². The van der Waals surface area contributed by atoms with Gasteiger partial charge in [0, 0.05) is 18.5 Å². The largest absolute Gasteiger partial charge is 0.480 e. The maximum atomic E-state index is 12.3. The van der Waals surface area contributed by atoms with E-state index in [0.717, 1.165) is 5.56 Å². The lowest BCUT2D eigenvalue weighted by Gasteiger charge is -2.32. The number of carboxylic acid groups (broad SMARTS) is 1. The molecule has 1 atom stereocenters. The van der Waals surface area contributed by atoms with Crippen molar-refractivity contribution in [2.24, 2.45) is 0 Å². The van der Waals surface area contributed by atoms with Crippen LogP contribution in [-0.4, -0.2) is 40.1 Å². The van der Waals surface area contributed by atoms with Gasteiger partial charge in [-0.2, -0.15) is 0 Å². The third kappa shape index (κ3) is 5.10. The molecular weight excluding hydrogens is 268 g/mol. The van der Waals surface area contributed by atoms with Crippen LogP contribution in [0.2, 0.25) is 0 Å². The lowest BCUT2D eigenvalue weighted by atomic mass is 10.1. The molecule has 0 spiro atoms. The molecule has 1 unspecified atom stereocenters. The number of urea groups is 1. The summed E-state index contributed by atoms with van der Waals surface area (Å²) in [6.45, 7) is 7.64. The summed E-state index contributed by atoms with van der Waals surface area (Å²) in [5, 5.41) is 11.9. The second-order valence-electron chi connectivity index (χ2n) is 5.62. The summed E-state index contributed by atoms with van der Waals surface area (Å²) in [7, 11) is 0. The van der Waals surface area contributed by atoms with Gasteiger partial charge in [0.2, 0.25) is 0 Å². The van der Waals surface area contributed by atoms with Gasteiger partial charge in [-0.1, -0.05) is 30.3 Å². The quantitative estimate of drug-likeness (QED) is 0.846. The summed E-state index contributed by atoms with van der Waals surface area (Å²) >= 11 is 0. The second kappa shape index (κ2) is 7.67. The minimum atomic E-state index is -1.03. The molecule has 1 rings (SSSR count). The molecule has 0 bridgehead atoms. The smallest absolute Gasteiger partial charge is 0.326 e. The molecule has 5 heteroatoms. The fraction of sp³-hybridized carbons (Fsp3) is 0.500. The first kappa shape index (κ1) is 17.0. The van der Waals surface area contributed by atoms with Crippen LogP contribution in [0.15, 0.2) is 30.3 Å². The van der Waals surface area contributed by atoms with E-state index in [1.54, 1.807) is 4.90 Å². The van der Waals surface area contributed by atoms with Crippen LogP contribution in [0.3, 0.4) is 0 Å². The first-order valence-electron chi connectivity index (χ1n) is 7.18. The van der Waals surface area contributed by atoms with Crippen molar-refractivity contribution in [3.05, 3.63) is 35.9 Å². The fourth-order valence-electron chi connectivity index (χ4n) is 2.34. The molecule has 116 valence electrons. The van der Waals surface area contributed by atoms with E-state index in [-0.39, 0.29) is 24.5 Å². The van der Waals surface area contributed by atoms with Crippen LogP contribution in [-0.2, 0) is 11.2 Å². The van der Waals surface area contributed by atoms with Gasteiger partial charge in [0.15, 0.2) is 0 Å². The average molecular weight is 292 g/mol. The van der Waals surface area contributed by atoms with E-state index in [1.807, 2.05) is 58.0 Å². The highest BCUT2D eigenvalue weighted by Gasteiger charge is 2.26. The fourth-order valence-corrected chi connectivity index (χ4v) is 2.34. The molecule has 0 saturated heterocycles. The van der Waals surface area contributed by atoms with E-state index in [4.69, 9.17) is 0 Å². The van der Waals surface area contributed by atoms with Gasteiger partial charge in [-0.3, -0.25) is 0 Å². The molecule has 2 N–H and O–H groups in total. The van der Waals surface area contributed by atoms with Crippen molar-refractivity contribution in [2.45, 2.75) is 52.2 Å². The van der Waals surface area contributed by atoms with E-state index in [9.17, 15) is 14.7 Å². The predicted octanol–water partition coefficient (Wildman–Crippen LogP) is 2.51. The van der Waals surface area contributed by atoms with Crippen LogP contribution in [0.1, 0.15) is 33.3 Å². The minimum absolute atomic E-state index is 0.0103. The molecule has 0 heterocycles. The van der Waals surface area contributed by atoms with Gasteiger partial charge in [0.05, 0.1) is 0 Å². The van der Waals surface area contributed by atoms with E-state index in [0.29, 0.717) is 0 Å².